The Morgan fingerprint density at radius 2 is 0.887 bits per heavy atom. The highest BCUT2D eigenvalue weighted by Gasteiger charge is 2.27. The lowest BCUT2D eigenvalue weighted by Crippen LogP contribution is -2.29. The van der Waals surface area contributed by atoms with E-state index in [-0.39, 0.29) is 19.4 Å². The first kappa shape index (κ1) is 59.9. The van der Waals surface area contributed by atoms with Crippen LogP contribution in [0, 0.1) is 0 Å². The molecule has 10 nitrogen and oxygen atoms in total. The lowest BCUT2D eigenvalue weighted by atomic mass is 10.0. The Bertz CT molecular complexity index is 1170. The SMILES string of the molecule is CC/C=C\C/C=C\C/C=C\C/C=C\CCCCCCCCC(=O)OC(COC(=O)CCCCCCCCCCCCCCCCCCCCCC)COP(=O)(O)OCC(O)CO. The summed E-state index contributed by atoms with van der Waals surface area (Å²) in [6.07, 6.45) is 52.2. The Morgan fingerprint density at radius 1 is 0.500 bits per heavy atom. The standard InChI is InChI=1S/C51H93O10P/c1-3-5-7-9-11-13-15-17-19-21-23-25-26-28-30-32-34-36-38-40-42-50(54)58-46-49(47-60-62(56,57)59-45-48(53)44-52)61-51(55)43-41-39-37-35-33-31-29-27-24-22-20-18-16-14-12-10-8-6-4-2/h6,8,12,14,18,20,24,27,48-49,52-53H,3-5,7,9-11,13,15-17,19,21-23,25-26,28-47H2,1-2H3,(H,56,57)/b8-6-,14-12-,20-18-,27-24-. The average molecular weight is 897 g/mol. The van der Waals surface area contributed by atoms with Crippen molar-refractivity contribution in [3.05, 3.63) is 48.6 Å². The summed E-state index contributed by atoms with van der Waals surface area (Å²) in [6, 6.07) is 0. The zero-order valence-corrected chi connectivity index (χ0v) is 40.5. The van der Waals surface area contributed by atoms with Gasteiger partial charge in [-0.25, -0.2) is 4.57 Å². The number of ether oxygens (including phenoxy) is 2. The maximum Gasteiger partial charge on any atom is 0.472 e. The van der Waals surface area contributed by atoms with Gasteiger partial charge in [-0.3, -0.25) is 18.6 Å². The van der Waals surface area contributed by atoms with Crippen molar-refractivity contribution in [1.82, 2.24) is 0 Å². The zero-order valence-electron chi connectivity index (χ0n) is 39.6. The lowest BCUT2D eigenvalue weighted by Gasteiger charge is -2.20. The second kappa shape index (κ2) is 46.9. The number of allylic oxidation sites excluding steroid dienone is 8. The molecule has 0 aliphatic rings. The fourth-order valence-electron chi connectivity index (χ4n) is 6.93. The number of esters is 2. The number of aliphatic hydroxyl groups is 2. The number of phosphoric acid groups is 1. The van der Waals surface area contributed by atoms with Gasteiger partial charge in [0.05, 0.1) is 19.8 Å². The third-order valence-corrected chi connectivity index (χ3v) is 11.7. The largest absolute Gasteiger partial charge is 0.472 e. The minimum absolute atomic E-state index is 0.168. The molecule has 11 heteroatoms. The summed E-state index contributed by atoms with van der Waals surface area (Å²) in [7, 11) is -4.63. The van der Waals surface area contributed by atoms with E-state index in [9.17, 15) is 24.2 Å². The van der Waals surface area contributed by atoms with Crippen molar-refractivity contribution in [3.8, 4) is 0 Å². The smallest absolute Gasteiger partial charge is 0.462 e. The van der Waals surface area contributed by atoms with Crippen molar-refractivity contribution in [2.24, 2.45) is 0 Å². The van der Waals surface area contributed by atoms with Gasteiger partial charge >= 0.3 is 19.8 Å². The quantitative estimate of drug-likeness (QED) is 0.0233. The molecule has 0 fully saturated rings. The van der Waals surface area contributed by atoms with Gasteiger partial charge in [0.25, 0.3) is 0 Å². The zero-order chi connectivity index (χ0) is 45.5. The summed E-state index contributed by atoms with van der Waals surface area (Å²) >= 11 is 0. The van der Waals surface area contributed by atoms with E-state index >= 15 is 0 Å². The third-order valence-electron chi connectivity index (χ3n) is 10.7. The van der Waals surface area contributed by atoms with E-state index in [1.54, 1.807) is 0 Å². The first-order valence-corrected chi connectivity index (χ1v) is 26.6. The van der Waals surface area contributed by atoms with Crippen LogP contribution < -0.4 is 0 Å². The van der Waals surface area contributed by atoms with E-state index in [2.05, 4.69) is 62.5 Å². The van der Waals surface area contributed by atoms with E-state index in [1.807, 2.05) is 0 Å². The molecular formula is C51H93O10P. The maximum absolute atomic E-state index is 12.7. The van der Waals surface area contributed by atoms with Gasteiger partial charge in [0.15, 0.2) is 6.10 Å². The molecule has 0 aromatic carbocycles. The Hall–Kier alpha value is -2.07. The van der Waals surface area contributed by atoms with E-state index in [0.29, 0.717) is 12.8 Å². The second-order valence-electron chi connectivity index (χ2n) is 16.8. The van der Waals surface area contributed by atoms with E-state index in [4.69, 9.17) is 23.6 Å². The van der Waals surface area contributed by atoms with Crippen molar-refractivity contribution in [2.45, 2.75) is 238 Å². The topological polar surface area (TPSA) is 149 Å². The van der Waals surface area contributed by atoms with Gasteiger partial charge in [-0.05, 0) is 51.4 Å². The van der Waals surface area contributed by atoms with Crippen LogP contribution in [0.5, 0.6) is 0 Å². The number of rotatable bonds is 47. The first-order valence-electron chi connectivity index (χ1n) is 25.1. The Morgan fingerprint density at radius 3 is 1.34 bits per heavy atom. The highest BCUT2D eigenvalue weighted by Crippen LogP contribution is 2.43. The normalized spacial score (nSPS) is 14.1. The number of phosphoric ester groups is 1. The third kappa shape index (κ3) is 45.9. The molecule has 0 saturated heterocycles. The van der Waals surface area contributed by atoms with E-state index in [1.165, 1.54) is 103 Å². The van der Waals surface area contributed by atoms with Crippen LogP contribution in [0.15, 0.2) is 48.6 Å². The average Bonchev–Trinajstić information content (AvgIpc) is 3.26. The summed E-state index contributed by atoms with van der Waals surface area (Å²) in [4.78, 5) is 35.2. The van der Waals surface area contributed by atoms with E-state index in [0.717, 1.165) is 83.5 Å². The maximum atomic E-state index is 12.7. The lowest BCUT2D eigenvalue weighted by molar-refractivity contribution is -0.161. The molecule has 62 heavy (non-hydrogen) atoms. The molecule has 0 radical (unpaired) electrons. The predicted molar refractivity (Wildman–Crippen MR) is 256 cm³/mol. The van der Waals surface area contributed by atoms with Crippen molar-refractivity contribution in [2.75, 3.05) is 26.4 Å². The molecular weight excluding hydrogens is 804 g/mol. The van der Waals surface area contributed by atoms with Crippen molar-refractivity contribution in [1.29, 1.82) is 0 Å². The Labute approximate surface area is 379 Å². The van der Waals surface area contributed by atoms with Gasteiger partial charge in [-0.2, -0.15) is 0 Å². The van der Waals surface area contributed by atoms with Gasteiger partial charge in [0, 0.05) is 12.8 Å². The molecule has 0 rings (SSSR count). The van der Waals surface area contributed by atoms with Crippen LogP contribution in [-0.2, 0) is 32.7 Å². The van der Waals surface area contributed by atoms with Gasteiger partial charge in [-0.15, -0.1) is 0 Å². The van der Waals surface area contributed by atoms with Gasteiger partial charge in [-0.1, -0.05) is 210 Å². The molecule has 3 N–H and O–H groups in total. The van der Waals surface area contributed by atoms with Crippen molar-refractivity contribution < 1.29 is 47.8 Å². The van der Waals surface area contributed by atoms with Gasteiger partial charge in [0.1, 0.15) is 12.7 Å². The molecule has 0 aromatic heterocycles. The Balaban J connectivity index is 4.20. The van der Waals surface area contributed by atoms with Crippen LogP contribution in [0.1, 0.15) is 226 Å². The molecule has 362 valence electrons. The first-order chi connectivity index (χ1) is 30.2. The number of hydrogen-bond donors (Lipinski definition) is 3. The van der Waals surface area contributed by atoms with Crippen LogP contribution in [0.2, 0.25) is 0 Å². The summed E-state index contributed by atoms with van der Waals surface area (Å²) in [5, 5.41) is 18.4. The highest BCUT2D eigenvalue weighted by atomic mass is 31.2. The van der Waals surface area contributed by atoms with Crippen LogP contribution in [0.3, 0.4) is 0 Å². The number of hydrogen-bond acceptors (Lipinski definition) is 9. The van der Waals surface area contributed by atoms with Crippen LogP contribution in [0.4, 0.5) is 0 Å². The fourth-order valence-corrected chi connectivity index (χ4v) is 7.72. The molecule has 0 aliphatic heterocycles. The number of carbonyl (C=O) groups excluding carboxylic acids is 2. The van der Waals surface area contributed by atoms with Crippen LogP contribution in [0.25, 0.3) is 0 Å². The van der Waals surface area contributed by atoms with Crippen molar-refractivity contribution in [3.63, 3.8) is 0 Å². The van der Waals surface area contributed by atoms with Crippen molar-refractivity contribution >= 4 is 19.8 Å². The number of aliphatic hydroxyl groups excluding tert-OH is 2. The minimum Gasteiger partial charge on any atom is -0.462 e. The monoisotopic (exact) mass is 897 g/mol. The molecule has 0 aliphatic carbocycles. The summed E-state index contributed by atoms with van der Waals surface area (Å²) in [5.41, 5.74) is 0. The Kier molecular flexibility index (Phi) is 45.3. The van der Waals surface area contributed by atoms with Crippen LogP contribution >= 0.6 is 7.82 Å². The number of unbranched alkanes of at least 4 members (excludes halogenated alkanes) is 25. The highest BCUT2D eigenvalue weighted by molar-refractivity contribution is 7.47. The molecule has 0 spiro atoms. The number of carbonyl (C=O) groups is 2. The van der Waals surface area contributed by atoms with Gasteiger partial charge in [0.2, 0.25) is 0 Å². The predicted octanol–water partition coefficient (Wildman–Crippen LogP) is 14.1. The summed E-state index contributed by atoms with van der Waals surface area (Å²) < 4.78 is 32.8. The molecule has 0 bridgehead atoms. The fraction of sp³-hybridized carbons (Fsp3) is 0.804. The second-order valence-corrected chi connectivity index (χ2v) is 18.3. The molecule has 0 heterocycles. The summed E-state index contributed by atoms with van der Waals surface area (Å²) in [6.45, 7) is 2.29. The molecule has 3 unspecified atom stereocenters. The van der Waals surface area contributed by atoms with Crippen LogP contribution in [-0.4, -0.2) is 65.7 Å². The van der Waals surface area contributed by atoms with E-state index < -0.39 is 51.8 Å². The molecule has 0 amide bonds. The molecule has 3 atom stereocenters. The molecule has 0 aromatic rings. The van der Waals surface area contributed by atoms with Gasteiger partial charge < -0.3 is 24.6 Å². The minimum atomic E-state index is -4.63. The molecule has 0 saturated carbocycles. The summed E-state index contributed by atoms with van der Waals surface area (Å²) in [5.74, 6) is -0.933.